The predicted molar refractivity (Wildman–Crippen MR) is 58.1 cm³/mol. The lowest BCUT2D eigenvalue weighted by Gasteiger charge is -2.06. The van der Waals surface area contributed by atoms with Gasteiger partial charge in [0, 0.05) is 5.75 Å². The van der Waals surface area contributed by atoms with Gasteiger partial charge < -0.3 is 5.11 Å². The summed E-state index contributed by atoms with van der Waals surface area (Å²) in [6.07, 6.45) is 5.16. The molecule has 1 heterocycles. The first-order valence-corrected chi connectivity index (χ1v) is 6.35. The number of carboxylic acids is 1. The molecule has 6 nitrogen and oxygen atoms in total. The van der Waals surface area contributed by atoms with Gasteiger partial charge in [0.15, 0.2) is 0 Å². The number of hydrogen-bond acceptors (Lipinski definition) is 5. The quantitative estimate of drug-likeness (QED) is 0.777. The summed E-state index contributed by atoms with van der Waals surface area (Å²) in [6.45, 7) is -0.167. The number of hydrogen-bond donors (Lipinski definition) is 1. The van der Waals surface area contributed by atoms with Crippen LogP contribution in [0.2, 0.25) is 0 Å². The number of rotatable bonds is 5. The monoisotopic (exact) mass is 242 g/mol. The third-order valence-electron chi connectivity index (χ3n) is 2.71. The Morgan fingerprint density at radius 2 is 2.25 bits per heavy atom. The molecule has 7 heteroatoms. The van der Waals surface area contributed by atoms with Gasteiger partial charge in [-0.2, -0.15) is 0 Å². The van der Waals surface area contributed by atoms with Crippen LogP contribution in [0, 0.1) is 5.92 Å². The topological polar surface area (TPSA) is 80.9 Å². The van der Waals surface area contributed by atoms with Gasteiger partial charge in [0.05, 0.1) is 0 Å². The number of thioether (sulfide) groups is 1. The van der Waals surface area contributed by atoms with Crippen molar-refractivity contribution in [2.75, 3.05) is 5.75 Å². The van der Waals surface area contributed by atoms with Crippen LogP contribution in [-0.4, -0.2) is 37.0 Å². The number of tetrazole rings is 1. The van der Waals surface area contributed by atoms with Gasteiger partial charge in [0.1, 0.15) is 6.54 Å². The summed E-state index contributed by atoms with van der Waals surface area (Å²) < 4.78 is 1.34. The van der Waals surface area contributed by atoms with Gasteiger partial charge in [-0.1, -0.05) is 24.6 Å². The van der Waals surface area contributed by atoms with Crippen LogP contribution in [0.15, 0.2) is 5.16 Å². The lowest BCUT2D eigenvalue weighted by atomic mass is 10.1. The standard InChI is InChI=1S/C9H14N4O2S/c14-8(15)5-13-9(10-11-12-13)16-6-7-3-1-2-4-7/h7H,1-6H2,(H,14,15). The summed E-state index contributed by atoms with van der Waals surface area (Å²) >= 11 is 1.56. The van der Waals surface area contributed by atoms with Crippen LogP contribution in [0.3, 0.4) is 0 Å². The van der Waals surface area contributed by atoms with Crippen molar-refractivity contribution in [3.8, 4) is 0 Å². The highest BCUT2D eigenvalue weighted by molar-refractivity contribution is 7.99. The summed E-state index contributed by atoms with van der Waals surface area (Å²) in [6, 6.07) is 0. The van der Waals surface area contributed by atoms with E-state index in [1.807, 2.05) is 0 Å². The third kappa shape index (κ3) is 2.94. The van der Waals surface area contributed by atoms with E-state index in [-0.39, 0.29) is 6.54 Å². The summed E-state index contributed by atoms with van der Waals surface area (Å²) in [4.78, 5) is 10.6. The smallest absolute Gasteiger partial charge is 0.325 e. The minimum absolute atomic E-state index is 0.167. The second-order valence-electron chi connectivity index (χ2n) is 3.97. The first-order valence-electron chi connectivity index (χ1n) is 5.36. The fourth-order valence-corrected chi connectivity index (χ4v) is 2.96. The van der Waals surface area contributed by atoms with Crippen LogP contribution < -0.4 is 0 Å². The number of aliphatic carboxylic acids is 1. The molecule has 1 aliphatic rings. The van der Waals surface area contributed by atoms with E-state index in [2.05, 4.69) is 15.5 Å². The Morgan fingerprint density at radius 3 is 2.94 bits per heavy atom. The first kappa shape index (κ1) is 11.4. The fourth-order valence-electron chi connectivity index (χ4n) is 1.90. The Morgan fingerprint density at radius 1 is 1.50 bits per heavy atom. The maximum atomic E-state index is 10.6. The fraction of sp³-hybridized carbons (Fsp3) is 0.778. The van der Waals surface area contributed by atoms with Gasteiger partial charge in [-0.25, -0.2) is 4.68 Å². The minimum atomic E-state index is -0.921. The average molecular weight is 242 g/mol. The van der Waals surface area contributed by atoms with E-state index in [1.165, 1.54) is 30.4 Å². The molecule has 1 saturated carbocycles. The van der Waals surface area contributed by atoms with Crippen LogP contribution in [0.1, 0.15) is 25.7 Å². The molecule has 1 fully saturated rings. The minimum Gasteiger partial charge on any atom is -0.480 e. The van der Waals surface area contributed by atoms with Crippen LogP contribution in [-0.2, 0) is 11.3 Å². The molecule has 0 aliphatic heterocycles. The van der Waals surface area contributed by atoms with E-state index in [9.17, 15) is 4.79 Å². The Hall–Kier alpha value is -1.11. The van der Waals surface area contributed by atoms with Crippen LogP contribution in [0.4, 0.5) is 0 Å². The molecule has 1 aromatic rings. The number of carboxylic acid groups (broad SMARTS) is 1. The summed E-state index contributed by atoms with van der Waals surface area (Å²) in [5.41, 5.74) is 0. The molecule has 0 atom stereocenters. The molecule has 1 N–H and O–H groups in total. The van der Waals surface area contributed by atoms with Crippen molar-refractivity contribution in [3.63, 3.8) is 0 Å². The number of carbonyl (C=O) groups is 1. The maximum Gasteiger partial charge on any atom is 0.325 e. The van der Waals surface area contributed by atoms with E-state index in [4.69, 9.17) is 5.11 Å². The normalized spacial score (nSPS) is 16.8. The van der Waals surface area contributed by atoms with Gasteiger partial charge in [0.2, 0.25) is 5.16 Å². The molecule has 0 spiro atoms. The molecule has 0 unspecified atom stereocenters. The van der Waals surface area contributed by atoms with Crippen LogP contribution in [0.5, 0.6) is 0 Å². The highest BCUT2D eigenvalue weighted by Crippen LogP contribution is 2.29. The molecule has 0 amide bonds. The molecule has 0 saturated heterocycles. The molecule has 2 rings (SSSR count). The molecule has 1 aliphatic carbocycles. The van der Waals surface area contributed by atoms with E-state index >= 15 is 0 Å². The van der Waals surface area contributed by atoms with Crippen molar-refractivity contribution in [1.29, 1.82) is 0 Å². The molecule has 88 valence electrons. The first-order chi connectivity index (χ1) is 7.75. The largest absolute Gasteiger partial charge is 0.480 e. The van der Waals surface area contributed by atoms with Crippen molar-refractivity contribution in [2.24, 2.45) is 5.92 Å². The third-order valence-corrected chi connectivity index (χ3v) is 3.90. The SMILES string of the molecule is O=C(O)Cn1nnnc1SCC1CCCC1. The second-order valence-corrected chi connectivity index (χ2v) is 4.96. The molecule has 1 aromatic heterocycles. The molecule has 0 bridgehead atoms. The van der Waals surface area contributed by atoms with Gasteiger partial charge in [-0.3, -0.25) is 4.79 Å². The van der Waals surface area contributed by atoms with Crippen molar-refractivity contribution >= 4 is 17.7 Å². The zero-order chi connectivity index (χ0) is 11.4. The number of aromatic nitrogens is 4. The number of nitrogens with zero attached hydrogens (tertiary/aromatic N) is 4. The highest BCUT2D eigenvalue weighted by Gasteiger charge is 2.17. The van der Waals surface area contributed by atoms with Crippen molar-refractivity contribution < 1.29 is 9.90 Å². The molecule has 16 heavy (non-hydrogen) atoms. The van der Waals surface area contributed by atoms with E-state index < -0.39 is 5.97 Å². The summed E-state index contributed by atoms with van der Waals surface area (Å²) in [5, 5.41) is 20.3. The van der Waals surface area contributed by atoms with E-state index in [1.54, 1.807) is 11.8 Å². The van der Waals surface area contributed by atoms with Crippen LogP contribution >= 0.6 is 11.8 Å². The zero-order valence-electron chi connectivity index (χ0n) is 8.87. The van der Waals surface area contributed by atoms with Crippen molar-refractivity contribution in [1.82, 2.24) is 20.2 Å². The predicted octanol–water partition coefficient (Wildman–Crippen LogP) is 1.04. The Balaban J connectivity index is 1.88. The molecular weight excluding hydrogens is 228 g/mol. The van der Waals surface area contributed by atoms with Gasteiger partial charge in [-0.15, -0.1) is 5.10 Å². The van der Waals surface area contributed by atoms with E-state index in [0.29, 0.717) is 5.16 Å². The second kappa shape index (κ2) is 5.29. The summed E-state index contributed by atoms with van der Waals surface area (Å²) in [5.74, 6) is 0.801. The van der Waals surface area contributed by atoms with E-state index in [0.717, 1.165) is 11.7 Å². The van der Waals surface area contributed by atoms with Crippen LogP contribution in [0.25, 0.3) is 0 Å². The molecular formula is C9H14N4O2S. The van der Waals surface area contributed by atoms with Gasteiger partial charge >= 0.3 is 5.97 Å². The highest BCUT2D eigenvalue weighted by atomic mass is 32.2. The lowest BCUT2D eigenvalue weighted by molar-refractivity contribution is -0.138. The average Bonchev–Trinajstić information content (AvgIpc) is 2.84. The maximum absolute atomic E-state index is 10.6. The Bertz CT molecular complexity index is 362. The summed E-state index contributed by atoms with van der Waals surface area (Å²) in [7, 11) is 0. The van der Waals surface area contributed by atoms with Crippen molar-refractivity contribution in [2.45, 2.75) is 37.4 Å². The van der Waals surface area contributed by atoms with Gasteiger partial charge in [-0.05, 0) is 29.2 Å². The molecule has 0 radical (unpaired) electrons. The lowest BCUT2D eigenvalue weighted by Crippen LogP contribution is -2.12. The molecule has 0 aromatic carbocycles. The Labute approximate surface area is 97.4 Å². The van der Waals surface area contributed by atoms with Crippen molar-refractivity contribution in [3.05, 3.63) is 0 Å². The zero-order valence-corrected chi connectivity index (χ0v) is 9.69. The van der Waals surface area contributed by atoms with Gasteiger partial charge in [0.25, 0.3) is 0 Å². The Kier molecular flexibility index (Phi) is 3.76.